The van der Waals surface area contributed by atoms with E-state index in [0.29, 0.717) is 12.0 Å². The lowest BCUT2D eigenvalue weighted by Gasteiger charge is -2.43. The van der Waals surface area contributed by atoms with E-state index in [1.54, 1.807) is 19.9 Å². The van der Waals surface area contributed by atoms with Crippen LogP contribution in [0.15, 0.2) is 12.1 Å². The Hall–Kier alpha value is -1.55. The minimum absolute atomic E-state index is 0.0960. The van der Waals surface area contributed by atoms with Crippen LogP contribution in [0.2, 0.25) is 0 Å². The number of carbonyl (C=O) groups excluding carboxylic acids is 1. The Labute approximate surface area is 150 Å². The van der Waals surface area contributed by atoms with E-state index in [4.69, 9.17) is 20.4 Å². The van der Waals surface area contributed by atoms with Crippen molar-refractivity contribution in [2.24, 2.45) is 11.8 Å². The molecule has 3 rings (SSSR count). The van der Waals surface area contributed by atoms with E-state index < -0.39 is 37.6 Å². The normalized spacial score (nSPS) is 37.6. The molecule has 2 atom stereocenters. The maximum Gasteiger partial charge on any atom is 0.161 e. The van der Waals surface area contributed by atoms with E-state index in [0.717, 1.165) is 0 Å². The van der Waals surface area contributed by atoms with Crippen molar-refractivity contribution in [3.8, 4) is 11.5 Å². The van der Waals surface area contributed by atoms with Crippen LogP contribution in [-0.4, -0.2) is 37.9 Å². The number of nitrogens with zero attached hydrogens (tertiary/aromatic N) is 1. The third kappa shape index (κ3) is 3.09. The summed E-state index contributed by atoms with van der Waals surface area (Å²) in [5, 5.41) is 0. The van der Waals surface area contributed by atoms with Gasteiger partial charge in [-0.05, 0) is 42.0 Å². The predicted molar refractivity (Wildman–Crippen MR) is 90.1 cm³/mol. The maximum atomic E-state index is 13.2. The zero-order valence-corrected chi connectivity index (χ0v) is 13.6. The van der Waals surface area contributed by atoms with Gasteiger partial charge in [0.1, 0.15) is 5.78 Å². The third-order valence-corrected chi connectivity index (χ3v) is 4.20. The number of carbonyl (C=O) groups is 1. The SMILES string of the molecule is [2H]C([2H])([2H])Oc1cc2c(cc1OC)CCN1C2C([2H])([2H])C(=O)C([2H])(CC(C)C)C1([2H])[2H]. The van der Waals surface area contributed by atoms with Gasteiger partial charge in [-0.3, -0.25) is 9.69 Å². The molecule has 0 aromatic heterocycles. The van der Waals surface area contributed by atoms with Crippen LogP contribution >= 0.6 is 0 Å². The molecule has 4 nitrogen and oxygen atoms in total. The molecule has 0 aliphatic carbocycles. The molecule has 2 unspecified atom stereocenters. The number of hydrogen-bond donors (Lipinski definition) is 0. The molecule has 1 aromatic rings. The first-order valence-corrected chi connectivity index (χ1v) is 7.77. The first-order chi connectivity index (χ1) is 14.1. The second-order valence-corrected chi connectivity index (χ2v) is 6.31. The average molecular weight is 325 g/mol. The molecule has 23 heavy (non-hydrogen) atoms. The number of ketones is 1. The summed E-state index contributed by atoms with van der Waals surface area (Å²) in [6, 6.07) is 1.53. The topological polar surface area (TPSA) is 38.8 Å². The van der Waals surface area contributed by atoms with Crippen molar-refractivity contribution in [1.29, 1.82) is 0 Å². The molecular formula is C19H27NO3. The molecule has 1 fully saturated rings. The smallest absolute Gasteiger partial charge is 0.161 e. The van der Waals surface area contributed by atoms with E-state index in [1.165, 1.54) is 18.1 Å². The van der Waals surface area contributed by atoms with Gasteiger partial charge < -0.3 is 9.47 Å². The van der Waals surface area contributed by atoms with Crippen LogP contribution in [-0.2, 0) is 11.2 Å². The first-order valence-electron chi connectivity index (χ1n) is 11.8. The lowest BCUT2D eigenvalue weighted by atomic mass is 9.80. The molecule has 2 aliphatic heterocycles. The molecule has 0 saturated carbocycles. The van der Waals surface area contributed by atoms with Gasteiger partial charge >= 0.3 is 0 Å². The fourth-order valence-electron chi connectivity index (χ4n) is 3.12. The Kier molecular flexibility index (Phi) is 2.57. The van der Waals surface area contributed by atoms with Gasteiger partial charge in [0.25, 0.3) is 0 Å². The number of piperidine rings is 1. The van der Waals surface area contributed by atoms with Gasteiger partial charge in [0.15, 0.2) is 11.5 Å². The maximum absolute atomic E-state index is 13.2. The van der Waals surface area contributed by atoms with Crippen LogP contribution in [0, 0.1) is 11.8 Å². The lowest BCUT2D eigenvalue weighted by molar-refractivity contribution is -0.129. The van der Waals surface area contributed by atoms with Gasteiger partial charge in [0, 0.05) is 38.2 Å². The second kappa shape index (κ2) is 6.52. The Balaban J connectivity index is 2.19. The molecule has 4 heteroatoms. The monoisotopic (exact) mass is 325 g/mol. The summed E-state index contributed by atoms with van der Waals surface area (Å²) in [5.74, 6) is -3.56. The van der Waals surface area contributed by atoms with Crippen molar-refractivity contribution >= 4 is 5.78 Å². The van der Waals surface area contributed by atoms with Gasteiger partial charge in [-0.15, -0.1) is 0 Å². The molecule has 0 spiro atoms. The standard InChI is InChI=1S/C19H27NO3/c1-12(2)7-14-11-20-6-5-13-8-18(22-3)19(23-4)9-15(13)16(20)10-17(14)21/h8-9,12,14,16H,5-7,10-11H2,1-4H3/i4D3,10D2,11D2,14D. The van der Waals surface area contributed by atoms with Crippen molar-refractivity contribution in [2.45, 2.75) is 39.1 Å². The molecule has 1 aromatic carbocycles. The molecule has 1 saturated heterocycles. The zero-order chi connectivity index (χ0) is 23.6. The Morgan fingerprint density at radius 2 is 2.22 bits per heavy atom. The van der Waals surface area contributed by atoms with Crippen LogP contribution in [0.4, 0.5) is 0 Å². The van der Waals surface area contributed by atoms with Gasteiger partial charge in [0.2, 0.25) is 0 Å². The quantitative estimate of drug-likeness (QED) is 0.852. The van der Waals surface area contributed by atoms with Gasteiger partial charge in [-0.25, -0.2) is 0 Å². The number of hydrogen-bond acceptors (Lipinski definition) is 4. The van der Waals surface area contributed by atoms with E-state index in [1.807, 2.05) is 0 Å². The Morgan fingerprint density at radius 1 is 1.43 bits per heavy atom. The van der Waals surface area contributed by atoms with E-state index in [9.17, 15) is 4.79 Å². The van der Waals surface area contributed by atoms with E-state index >= 15 is 0 Å². The fraction of sp³-hybridized carbons (Fsp3) is 0.632. The summed E-state index contributed by atoms with van der Waals surface area (Å²) >= 11 is 0. The highest BCUT2D eigenvalue weighted by atomic mass is 16.5. The first kappa shape index (κ1) is 9.07. The number of benzene rings is 1. The van der Waals surface area contributed by atoms with Crippen molar-refractivity contribution in [1.82, 2.24) is 4.90 Å². The molecular weight excluding hydrogens is 290 g/mol. The third-order valence-electron chi connectivity index (χ3n) is 4.20. The predicted octanol–water partition coefficient (Wildman–Crippen LogP) is 3.24. The highest BCUT2D eigenvalue weighted by Gasteiger charge is 2.38. The summed E-state index contributed by atoms with van der Waals surface area (Å²) in [6.07, 6.45) is -2.37. The Morgan fingerprint density at radius 3 is 2.91 bits per heavy atom. The lowest BCUT2D eigenvalue weighted by Crippen LogP contribution is -2.46. The van der Waals surface area contributed by atoms with Crippen LogP contribution in [0.5, 0.6) is 11.5 Å². The second-order valence-electron chi connectivity index (χ2n) is 6.31. The molecule has 126 valence electrons. The van der Waals surface area contributed by atoms with Crippen molar-refractivity contribution < 1.29 is 25.2 Å². The molecule has 0 N–H and O–H groups in total. The van der Waals surface area contributed by atoms with Crippen molar-refractivity contribution in [2.75, 3.05) is 27.2 Å². The zero-order valence-electron chi connectivity index (χ0n) is 21.6. The molecule has 0 radical (unpaired) electrons. The summed E-state index contributed by atoms with van der Waals surface area (Å²) in [5.41, 5.74) is 0.880. The number of rotatable bonds is 4. The summed E-state index contributed by atoms with van der Waals surface area (Å²) in [7, 11) is -1.43. The van der Waals surface area contributed by atoms with Crippen LogP contribution in [0.3, 0.4) is 0 Å². The highest BCUT2D eigenvalue weighted by Crippen LogP contribution is 2.42. The summed E-state index contributed by atoms with van der Waals surface area (Å²) < 4.78 is 75.8. The van der Waals surface area contributed by atoms with Crippen LogP contribution in [0.1, 0.15) is 54.8 Å². The van der Waals surface area contributed by atoms with Crippen molar-refractivity contribution in [3.05, 3.63) is 23.3 Å². The largest absolute Gasteiger partial charge is 0.493 e. The van der Waals surface area contributed by atoms with Crippen molar-refractivity contribution in [3.63, 3.8) is 0 Å². The highest BCUT2D eigenvalue weighted by molar-refractivity contribution is 5.83. The number of Topliss-reactive ketones (excluding diaryl/α,β-unsaturated/α-hetero) is 1. The molecule has 0 bridgehead atoms. The summed E-state index contributed by atoms with van der Waals surface area (Å²) in [6.45, 7) is 1.20. The number of ether oxygens (including phenoxy) is 2. The minimum Gasteiger partial charge on any atom is -0.493 e. The molecule has 2 aliphatic rings. The van der Waals surface area contributed by atoms with Gasteiger partial charge in [-0.2, -0.15) is 0 Å². The minimum atomic E-state index is -2.78. The number of fused-ring (bicyclic) bond motifs is 3. The van der Waals surface area contributed by atoms with E-state index in [-0.39, 0.29) is 35.9 Å². The fourth-order valence-corrected chi connectivity index (χ4v) is 3.12. The van der Waals surface area contributed by atoms with Gasteiger partial charge in [0.05, 0.1) is 18.3 Å². The Bertz CT molecular complexity index is 886. The van der Waals surface area contributed by atoms with E-state index in [2.05, 4.69) is 0 Å². The summed E-state index contributed by atoms with van der Waals surface area (Å²) in [4.78, 5) is 14.5. The van der Waals surface area contributed by atoms with Gasteiger partial charge in [-0.1, -0.05) is 13.8 Å². The van der Waals surface area contributed by atoms with Crippen LogP contribution < -0.4 is 9.47 Å². The molecule has 0 amide bonds. The van der Waals surface area contributed by atoms with Crippen LogP contribution in [0.25, 0.3) is 0 Å². The number of methoxy groups -OCH3 is 2. The average Bonchev–Trinajstić information content (AvgIpc) is 2.62. The molecule has 2 heterocycles.